The molecular formula is C22H42O2. The van der Waals surface area contributed by atoms with Crippen LogP contribution in [0.4, 0.5) is 0 Å². The molecule has 0 amide bonds. The van der Waals surface area contributed by atoms with E-state index >= 15 is 0 Å². The van der Waals surface area contributed by atoms with E-state index in [1.54, 1.807) is 0 Å². The molecule has 0 N–H and O–H groups in total. The van der Waals surface area contributed by atoms with Gasteiger partial charge in [0.1, 0.15) is 0 Å². The summed E-state index contributed by atoms with van der Waals surface area (Å²) in [6.45, 7) is 4.64. The van der Waals surface area contributed by atoms with Gasteiger partial charge >= 0.3 is 5.97 Å². The van der Waals surface area contributed by atoms with Crippen LogP contribution in [0.1, 0.15) is 117 Å². The minimum Gasteiger partial charge on any atom is -0.466 e. The molecule has 0 heterocycles. The molecule has 0 aliphatic carbocycles. The summed E-state index contributed by atoms with van der Waals surface area (Å²) < 4.78 is 4.92. The maximum Gasteiger partial charge on any atom is 0.305 e. The van der Waals surface area contributed by atoms with Gasteiger partial charge in [0.2, 0.25) is 0 Å². The first-order valence-corrected chi connectivity index (χ1v) is 10.6. The van der Waals surface area contributed by atoms with Gasteiger partial charge in [-0.2, -0.15) is 0 Å². The minimum atomic E-state index is -0.0404. The highest BCUT2D eigenvalue weighted by molar-refractivity contribution is 5.69. The molecule has 0 unspecified atom stereocenters. The molecule has 0 aliphatic rings. The van der Waals surface area contributed by atoms with E-state index in [9.17, 15) is 4.79 Å². The Morgan fingerprint density at radius 1 is 0.667 bits per heavy atom. The number of hydrogen-bond acceptors (Lipinski definition) is 2. The van der Waals surface area contributed by atoms with Gasteiger partial charge in [0, 0.05) is 6.42 Å². The first kappa shape index (κ1) is 23.2. The van der Waals surface area contributed by atoms with Crippen molar-refractivity contribution in [1.29, 1.82) is 0 Å². The van der Waals surface area contributed by atoms with Crippen LogP contribution >= 0.6 is 0 Å². The summed E-state index contributed by atoms with van der Waals surface area (Å²) in [4.78, 5) is 11.2. The molecule has 0 aromatic heterocycles. The van der Waals surface area contributed by atoms with Gasteiger partial charge in [-0.3, -0.25) is 4.79 Å². The maximum atomic E-state index is 11.2. The lowest BCUT2D eigenvalue weighted by Gasteiger charge is -2.01. The standard InChI is InChI=1S/C22H42O2/c1-3-5-6-7-8-9-10-11-12-13-14-15-16-17-18-19-20-21-22(23)24-4-2/h13-14H,3-12,15-21H2,1-2H3. The van der Waals surface area contributed by atoms with Gasteiger partial charge < -0.3 is 4.74 Å². The fourth-order valence-corrected chi connectivity index (χ4v) is 2.93. The fraction of sp³-hybridized carbons (Fsp3) is 0.864. The Balaban J connectivity index is 3.12. The highest BCUT2D eigenvalue weighted by Gasteiger charge is 2.00. The molecule has 0 aromatic carbocycles. The highest BCUT2D eigenvalue weighted by atomic mass is 16.5. The number of ether oxygens (including phenoxy) is 1. The summed E-state index contributed by atoms with van der Waals surface area (Å²) in [5.41, 5.74) is 0. The number of esters is 1. The third-order valence-corrected chi connectivity index (χ3v) is 4.45. The van der Waals surface area contributed by atoms with E-state index in [2.05, 4.69) is 19.1 Å². The quantitative estimate of drug-likeness (QED) is 0.148. The Kier molecular flexibility index (Phi) is 19.6. The zero-order valence-corrected chi connectivity index (χ0v) is 16.5. The van der Waals surface area contributed by atoms with Crippen LogP contribution in [-0.2, 0) is 9.53 Å². The summed E-state index contributed by atoms with van der Waals surface area (Å²) in [5.74, 6) is -0.0404. The second-order valence-corrected chi connectivity index (χ2v) is 6.85. The minimum absolute atomic E-state index is 0.0404. The smallest absolute Gasteiger partial charge is 0.305 e. The van der Waals surface area contributed by atoms with E-state index in [4.69, 9.17) is 4.74 Å². The van der Waals surface area contributed by atoms with Crippen LogP contribution in [0.25, 0.3) is 0 Å². The molecule has 2 heteroatoms. The van der Waals surface area contributed by atoms with Crippen LogP contribution in [0, 0.1) is 0 Å². The predicted octanol–water partition coefficient (Wildman–Crippen LogP) is 7.37. The second-order valence-electron chi connectivity index (χ2n) is 6.85. The molecule has 0 atom stereocenters. The van der Waals surface area contributed by atoms with E-state index in [1.807, 2.05) is 6.92 Å². The molecule has 0 fully saturated rings. The summed E-state index contributed by atoms with van der Waals surface area (Å²) in [6.07, 6.45) is 25.0. The van der Waals surface area contributed by atoms with Gasteiger partial charge in [-0.1, -0.05) is 83.3 Å². The van der Waals surface area contributed by atoms with Crippen molar-refractivity contribution in [2.45, 2.75) is 117 Å². The largest absolute Gasteiger partial charge is 0.466 e. The second kappa shape index (κ2) is 20.3. The van der Waals surface area contributed by atoms with Crippen molar-refractivity contribution in [3.05, 3.63) is 12.2 Å². The topological polar surface area (TPSA) is 26.3 Å². The monoisotopic (exact) mass is 338 g/mol. The normalized spacial score (nSPS) is 11.2. The number of carbonyl (C=O) groups excluding carboxylic acids is 1. The van der Waals surface area contributed by atoms with Gasteiger partial charge in [0.25, 0.3) is 0 Å². The lowest BCUT2D eigenvalue weighted by atomic mass is 10.1. The molecule has 0 radical (unpaired) electrons. The Morgan fingerprint density at radius 2 is 1.12 bits per heavy atom. The maximum absolute atomic E-state index is 11.2. The molecule has 0 aliphatic heterocycles. The molecule has 0 bridgehead atoms. The number of carbonyl (C=O) groups is 1. The van der Waals surface area contributed by atoms with E-state index in [0.717, 1.165) is 12.8 Å². The van der Waals surface area contributed by atoms with Gasteiger partial charge in [0.05, 0.1) is 6.61 Å². The molecule has 0 saturated carbocycles. The number of unbranched alkanes of at least 4 members (excludes halogenated alkanes) is 13. The molecule has 0 aromatic rings. The van der Waals surface area contributed by atoms with Crippen LogP contribution in [0.3, 0.4) is 0 Å². The Labute approximate surface area is 151 Å². The zero-order chi connectivity index (χ0) is 17.7. The molecule has 0 rings (SSSR count). The summed E-state index contributed by atoms with van der Waals surface area (Å²) >= 11 is 0. The Hall–Kier alpha value is -0.790. The van der Waals surface area contributed by atoms with Crippen LogP contribution in [0.2, 0.25) is 0 Å². The van der Waals surface area contributed by atoms with E-state index in [0.29, 0.717) is 13.0 Å². The van der Waals surface area contributed by atoms with E-state index in [1.165, 1.54) is 83.5 Å². The lowest BCUT2D eigenvalue weighted by molar-refractivity contribution is -0.143. The van der Waals surface area contributed by atoms with Gasteiger partial charge in [0.15, 0.2) is 0 Å². The van der Waals surface area contributed by atoms with Crippen molar-refractivity contribution >= 4 is 5.97 Å². The average Bonchev–Trinajstić information content (AvgIpc) is 2.58. The highest BCUT2D eigenvalue weighted by Crippen LogP contribution is 2.11. The predicted molar refractivity (Wildman–Crippen MR) is 105 cm³/mol. The molecule has 0 spiro atoms. The third kappa shape index (κ3) is 19.3. The molecule has 24 heavy (non-hydrogen) atoms. The third-order valence-electron chi connectivity index (χ3n) is 4.45. The van der Waals surface area contributed by atoms with Crippen molar-refractivity contribution < 1.29 is 9.53 Å². The van der Waals surface area contributed by atoms with Crippen LogP contribution in [-0.4, -0.2) is 12.6 Å². The van der Waals surface area contributed by atoms with E-state index < -0.39 is 0 Å². The first-order valence-electron chi connectivity index (χ1n) is 10.6. The molecule has 0 saturated heterocycles. The number of rotatable bonds is 18. The number of hydrogen-bond donors (Lipinski definition) is 0. The summed E-state index contributed by atoms with van der Waals surface area (Å²) in [6, 6.07) is 0. The van der Waals surface area contributed by atoms with Crippen LogP contribution in [0.5, 0.6) is 0 Å². The van der Waals surface area contributed by atoms with Crippen LogP contribution < -0.4 is 0 Å². The fourth-order valence-electron chi connectivity index (χ4n) is 2.93. The zero-order valence-electron chi connectivity index (χ0n) is 16.5. The van der Waals surface area contributed by atoms with Gasteiger partial charge in [-0.25, -0.2) is 0 Å². The average molecular weight is 339 g/mol. The van der Waals surface area contributed by atoms with Crippen molar-refractivity contribution in [2.75, 3.05) is 6.61 Å². The summed E-state index contributed by atoms with van der Waals surface area (Å²) in [5, 5.41) is 0. The van der Waals surface area contributed by atoms with Gasteiger partial charge in [-0.15, -0.1) is 0 Å². The number of allylic oxidation sites excluding steroid dienone is 2. The first-order chi connectivity index (χ1) is 11.8. The SMILES string of the molecule is CCCCCCCCCCC=CCCCCCCCC(=O)OCC. The Morgan fingerprint density at radius 3 is 1.62 bits per heavy atom. The van der Waals surface area contributed by atoms with Crippen molar-refractivity contribution in [2.24, 2.45) is 0 Å². The van der Waals surface area contributed by atoms with Crippen molar-refractivity contribution in [1.82, 2.24) is 0 Å². The van der Waals surface area contributed by atoms with Crippen LogP contribution in [0.15, 0.2) is 12.2 Å². The molecular weight excluding hydrogens is 296 g/mol. The Bertz CT molecular complexity index is 284. The van der Waals surface area contributed by atoms with Crippen molar-refractivity contribution in [3.8, 4) is 0 Å². The van der Waals surface area contributed by atoms with Crippen molar-refractivity contribution in [3.63, 3.8) is 0 Å². The summed E-state index contributed by atoms with van der Waals surface area (Å²) in [7, 11) is 0. The molecule has 142 valence electrons. The lowest BCUT2D eigenvalue weighted by Crippen LogP contribution is -2.03. The molecule has 2 nitrogen and oxygen atoms in total. The van der Waals surface area contributed by atoms with E-state index in [-0.39, 0.29) is 5.97 Å². The van der Waals surface area contributed by atoms with Gasteiger partial charge in [-0.05, 0) is 39.0 Å².